The number of benzene rings is 1. The van der Waals surface area contributed by atoms with Gasteiger partial charge < -0.3 is 9.80 Å². The zero-order valence-corrected chi connectivity index (χ0v) is 12.4. The Morgan fingerprint density at radius 3 is 2.42 bits per heavy atom. The zero-order valence-electron chi connectivity index (χ0n) is 10.8. The first-order valence-corrected chi connectivity index (χ1v) is 6.79. The third-order valence-corrected chi connectivity index (χ3v) is 3.86. The topological polar surface area (TPSA) is 23.6 Å². The number of likely N-dealkylation sites (tertiary alicyclic amines) is 1. The Morgan fingerprint density at radius 2 is 1.95 bits per heavy atom. The second-order valence-electron chi connectivity index (χ2n) is 4.90. The van der Waals surface area contributed by atoms with Gasteiger partial charge in [0.15, 0.2) is 0 Å². The number of likely N-dealkylation sites (N-methyl/N-ethyl adjacent to an activating group) is 1. The monoisotopic (exact) mass is 332 g/mol. The van der Waals surface area contributed by atoms with Crippen molar-refractivity contribution in [3.05, 3.63) is 33.8 Å². The van der Waals surface area contributed by atoms with Crippen molar-refractivity contribution in [1.29, 1.82) is 0 Å². The Bertz CT molecular complexity index is 484. The predicted octanol–water partition coefficient (Wildman–Crippen LogP) is 2.50. The molecule has 1 aromatic rings. The Hall–Kier alpha value is -1.01. The standard InChI is InChI=1S/C13H15BrF2N2O/c1-17(2)9-3-4-18(7-9)13(19)12-10(15)5-8(14)6-11(12)16/h5-6,9H,3-4,7H2,1-2H3. The molecular formula is C13H15BrF2N2O. The quantitative estimate of drug-likeness (QED) is 0.830. The van der Waals surface area contributed by atoms with Gasteiger partial charge >= 0.3 is 0 Å². The Kier molecular flexibility index (Phi) is 4.20. The zero-order chi connectivity index (χ0) is 14.2. The summed E-state index contributed by atoms with van der Waals surface area (Å²) in [4.78, 5) is 15.7. The molecule has 2 rings (SSSR count). The van der Waals surface area contributed by atoms with Crippen LogP contribution in [0.2, 0.25) is 0 Å². The number of amides is 1. The van der Waals surface area contributed by atoms with Crippen LogP contribution in [0.5, 0.6) is 0 Å². The maximum atomic E-state index is 13.7. The molecule has 0 aliphatic carbocycles. The summed E-state index contributed by atoms with van der Waals surface area (Å²) in [7, 11) is 3.86. The van der Waals surface area contributed by atoms with Gasteiger partial charge in [-0.05, 0) is 32.6 Å². The molecule has 1 saturated heterocycles. The van der Waals surface area contributed by atoms with Crippen molar-refractivity contribution in [2.75, 3.05) is 27.2 Å². The van der Waals surface area contributed by atoms with E-state index in [0.717, 1.165) is 18.6 Å². The highest BCUT2D eigenvalue weighted by atomic mass is 79.9. The number of halogens is 3. The number of rotatable bonds is 2. The van der Waals surface area contributed by atoms with E-state index in [1.807, 2.05) is 19.0 Å². The molecule has 0 spiro atoms. The highest BCUT2D eigenvalue weighted by Gasteiger charge is 2.31. The van der Waals surface area contributed by atoms with Crippen LogP contribution in [-0.2, 0) is 0 Å². The van der Waals surface area contributed by atoms with Gasteiger partial charge in [0.2, 0.25) is 0 Å². The van der Waals surface area contributed by atoms with E-state index in [1.54, 1.807) is 0 Å². The van der Waals surface area contributed by atoms with E-state index in [4.69, 9.17) is 0 Å². The molecule has 1 heterocycles. The number of hydrogen-bond acceptors (Lipinski definition) is 2. The number of carbonyl (C=O) groups excluding carboxylic acids is 1. The smallest absolute Gasteiger partial charge is 0.259 e. The summed E-state index contributed by atoms with van der Waals surface area (Å²) in [5.74, 6) is -2.23. The first-order valence-electron chi connectivity index (χ1n) is 6.00. The minimum absolute atomic E-state index is 0.241. The lowest BCUT2D eigenvalue weighted by atomic mass is 10.1. The summed E-state index contributed by atoms with van der Waals surface area (Å²) >= 11 is 3.00. The van der Waals surface area contributed by atoms with Crippen LogP contribution >= 0.6 is 15.9 Å². The molecular weight excluding hydrogens is 318 g/mol. The van der Waals surface area contributed by atoms with Gasteiger partial charge in [0.25, 0.3) is 5.91 Å². The molecule has 1 aromatic carbocycles. The van der Waals surface area contributed by atoms with Crippen LogP contribution in [0, 0.1) is 11.6 Å². The summed E-state index contributed by atoms with van der Waals surface area (Å²) in [5.41, 5.74) is -0.470. The number of hydrogen-bond donors (Lipinski definition) is 0. The van der Waals surface area contributed by atoms with Crippen molar-refractivity contribution >= 4 is 21.8 Å². The lowest BCUT2D eigenvalue weighted by Crippen LogP contribution is -2.35. The van der Waals surface area contributed by atoms with E-state index in [0.29, 0.717) is 13.1 Å². The lowest BCUT2D eigenvalue weighted by molar-refractivity contribution is 0.0773. The normalized spacial score (nSPS) is 19.3. The van der Waals surface area contributed by atoms with Gasteiger partial charge in [-0.2, -0.15) is 0 Å². The van der Waals surface area contributed by atoms with Crippen molar-refractivity contribution in [3.8, 4) is 0 Å². The first-order chi connectivity index (χ1) is 8.90. The number of nitrogens with zero attached hydrogens (tertiary/aromatic N) is 2. The Morgan fingerprint density at radius 1 is 1.37 bits per heavy atom. The van der Waals surface area contributed by atoms with Crippen LogP contribution in [0.25, 0.3) is 0 Å². The molecule has 6 heteroatoms. The first kappa shape index (κ1) is 14.4. The fraction of sp³-hybridized carbons (Fsp3) is 0.462. The molecule has 0 N–H and O–H groups in total. The van der Waals surface area contributed by atoms with E-state index in [-0.39, 0.29) is 10.5 Å². The molecule has 1 aliphatic heterocycles. The van der Waals surface area contributed by atoms with Crippen molar-refractivity contribution in [2.24, 2.45) is 0 Å². The van der Waals surface area contributed by atoms with E-state index in [1.165, 1.54) is 4.90 Å². The molecule has 104 valence electrons. The molecule has 0 bridgehead atoms. The summed E-state index contributed by atoms with van der Waals surface area (Å²) in [6.07, 6.45) is 0.818. The van der Waals surface area contributed by atoms with Gasteiger partial charge in [0, 0.05) is 23.6 Å². The van der Waals surface area contributed by atoms with Crippen molar-refractivity contribution in [2.45, 2.75) is 12.5 Å². The van der Waals surface area contributed by atoms with Crippen LogP contribution < -0.4 is 0 Å². The van der Waals surface area contributed by atoms with Gasteiger partial charge in [-0.1, -0.05) is 15.9 Å². The highest BCUT2D eigenvalue weighted by Crippen LogP contribution is 2.23. The third kappa shape index (κ3) is 2.95. The molecule has 0 aromatic heterocycles. The lowest BCUT2D eigenvalue weighted by Gasteiger charge is -2.20. The van der Waals surface area contributed by atoms with Crippen LogP contribution in [0.1, 0.15) is 16.8 Å². The fourth-order valence-electron chi connectivity index (χ4n) is 2.25. The SMILES string of the molecule is CN(C)C1CCN(C(=O)c2c(F)cc(Br)cc2F)C1. The fourth-order valence-corrected chi connectivity index (χ4v) is 2.65. The van der Waals surface area contributed by atoms with Crippen LogP contribution in [0.4, 0.5) is 8.78 Å². The van der Waals surface area contributed by atoms with Crippen molar-refractivity contribution in [1.82, 2.24) is 9.80 Å². The van der Waals surface area contributed by atoms with E-state index < -0.39 is 23.1 Å². The highest BCUT2D eigenvalue weighted by molar-refractivity contribution is 9.10. The molecule has 19 heavy (non-hydrogen) atoms. The molecule has 0 radical (unpaired) electrons. The molecule has 0 saturated carbocycles. The summed E-state index contributed by atoms with van der Waals surface area (Å²) < 4.78 is 27.8. The second-order valence-corrected chi connectivity index (χ2v) is 5.82. The average Bonchev–Trinajstić information content (AvgIpc) is 2.76. The minimum Gasteiger partial charge on any atom is -0.337 e. The predicted molar refractivity (Wildman–Crippen MR) is 72.1 cm³/mol. The maximum Gasteiger partial charge on any atom is 0.259 e. The average molecular weight is 333 g/mol. The largest absolute Gasteiger partial charge is 0.337 e. The van der Waals surface area contributed by atoms with Crippen LogP contribution in [-0.4, -0.2) is 48.9 Å². The molecule has 3 nitrogen and oxygen atoms in total. The summed E-state index contributed by atoms with van der Waals surface area (Å²) in [6, 6.07) is 2.46. The van der Waals surface area contributed by atoms with Crippen molar-refractivity contribution < 1.29 is 13.6 Å². The van der Waals surface area contributed by atoms with Crippen LogP contribution in [0.3, 0.4) is 0 Å². The summed E-state index contributed by atoms with van der Waals surface area (Å²) in [5, 5.41) is 0. The minimum atomic E-state index is -0.829. The molecule has 1 fully saturated rings. The van der Waals surface area contributed by atoms with E-state index in [2.05, 4.69) is 15.9 Å². The van der Waals surface area contributed by atoms with Gasteiger partial charge in [-0.15, -0.1) is 0 Å². The van der Waals surface area contributed by atoms with Crippen molar-refractivity contribution in [3.63, 3.8) is 0 Å². The molecule has 1 atom stereocenters. The van der Waals surface area contributed by atoms with Gasteiger partial charge in [-0.25, -0.2) is 8.78 Å². The molecule has 1 aliphatic rings. The molecule has 1 amide bonds. The van der Waals surface area contributed by atoms with Gasteiger partial charge in [-0.3, -0.25) is 4.79 Å². The second kappa shape index (κ2) is 5.54. The summed E-state index contributed by atoms with van der Waals surface area (Å²) in [6.45, 7) is 1.03. The maximum absolute atomic E-state index is 13.7. The van der Waals surface area contributed by atoms with Gasteiger partial charge in [0.1, 0.15) is 17.2 Å². The molecule has 1 unspecified atom stereocenters. The van der Waals surface area contributed by atoms with Crippen LogP contribution in [0.15, 0.2) is 16.6 Å². The van der Waals surface area contributed by atoms with E-state index >= 15 is 0 Å². The Balaban J connectivity index is 2.22. The van der Waals surface area contributed by atoms with E-state index in [9.17, 15) is 13.6 Å². The third-order valence-electron chi connectivity index (χ3n) is 3.40. The number of carbonyl (C=O) groups is 1. The van der Waals surface area contributed by atoms with Gasteiger partial charge in [0.05, 0.1) is 0 Å². The Labute approximate surface area is 119 Å².